The smallest absolute Gasteiger partial charge is 0.244 e. The molecular formula is C19H18N6O2S2. The number of hydrogen-bond donors (Lipinski definition) is 2. The van der Waals surface area contributed by atoms with E-state index in [1.807, 2.05) is 32.0 Å². The Morgan fingerprint density at radius 3 is 2.90 bits per heavy atom. The van der Waals surface area contributed by atoms with E-state index in [4.69, 9.17) is 15.2 Å². The molecule has 1 unspecified atom stereocenters. The third-order valence-electron chi connectivity index (χ3n) is 4.63. The first-order chi connectivity index (χ1) is 14.0. The van der Waals surface area contributed by atoms with Crippen molar-refractivity contribution in [2.45, 2.75) is 29.9 Å². The Morgan fingerprint density at radius 2 is 2.21 bits per heavy atom. The second-order valence-electron chi connectivity index (χ2n) is 6.44. The second-order valence-corrected chi connectivity index (χ2v) is 8.84. The van der Waals surface area contributed by atoms with Gasteiger partial charge in [0.2, 0.25) is 11.8 Å². The van der Waals surface area contributed by atoms with Crippen LogP contribution in [0.1, 0.15) is 33.3 Å². The fraction of sp³-hybridized carbons (Fsp3) is 0.263. The maximum atomic E-state index is 9.73. The molecular weight excluding hydrogens is 408 g/mol. The minimum absolute atomic E-state index is 0.0765. The van der Waals surface area contributed by atoms with Crippen LogP contribution in [0.2, 0.25) is 0 Å². The SMILES string of the molecule is COc1ccc(C2C(C#N)=C(N)Oc3n[nH]c(C)c32)cc1CSc1nnc(C)s1. The number of allylic oxidation sites excluding steroid dienone is 1. The fourth-order valence-electron chi connectivity index (χ4n) is 3.30. The van der Waals surface area contributed by atoms with Crippen LogP contribution in [0.3, 0.4) is 0 Å². The number of rotatable bonds is 5. The van der Waals surface area contributed by atoms with E-state index < -0.39 is 0 Å². The van der Waals surface area contributed by atoms with Gasteiger partial charge in [0.05, 0.1) is 13.0 Å². The highest BCUT2D eigenvalue weighted by Gasteiger charge is 2.34. The Bertz CT molecular complexity index is 1140. The van der Waals surface area contributed by atoms with Gasteiger partial charge in [-0.3, -0.25) is 5.10 Å². The third-order valence-corrected chi connectivity index (χ3v) is 6.65. The van der Waals surface area contributed by atoms with Crippen LogP contribution in [-0.4, -0.2) is 27.5 Å². The quantitative estimate of drug-likeness (QED) is 0.595. The van der Waals surface area contributed by atoms with Crippen LogP contribution in [0.4, 0.5) is 0 Å². The summed E-state index contributed by atoms with van der Waals surface area (Å²) in [7, 11) is 1.64. The maximum absolute atomic E-state index is 9.73. The van der Waals surface area contributed by atoms with Crippen molar-refractivity contribution in [2.24, 2.45) is 5.73 Å². The molecule has 0 aliphatic carbocycles. The molecule has 1 aliphatic rings. The van der Waals surface area contributed by atoms with Crippen molar-refractivity contribution in [2.75, 3.05) is 7.11 Å². The molecule has 4 rings (SSSR count). The molecule has 0 amide bonds. The van der Waals surface area contributed by atoms with E-state index in [0.717, 1.165) is 37.5 Å². The Labute approximate surface area is 175 Å². The topological polar surface area (TPSA) is 123 Å². The lowest BCUT2D eigenvalue weighted by atomic mass is 9.83. The monoisotopic (exact) mass is 426 g/mol. The van der Waals surface area contributed by atoms with E-state index in [-0.39, 0.29) is 11.8 Å². The predicted octanol–water partition coefficient (Wildman–Crippen LogP) is 3.40. The molecule has 0 saturated carbocycles. The standard InChI is InChI=1S/C19H18N6O2S2/c1-9-15-16(13(7-20)17(21)27-18(15)24-22-9)11-4-5-14(26-3)12(6-11)8-28-19-25-23-10(2)29-19/h4-6,16H,8,21H2,1-3H3,(H,22,24). The lowest BCUT2D eigenvalue weighted by Crippen LogP contribution is -2.21. The van der Waals surface area contributed by atoms with E-state index >= 15 is 0 Å². The molecule has 0 spiro atoms. The number of thioether (sulfide) groups is 1. The molecule has 148 valence electrons. The van der Waals surface area contributed by atoms with Crippen molar-refractivity contribution in [3.05, 3.63) is 57.0 Å². The summed E-state index contributed by atoms with van der Waals surface area (Å²) in [5.74, 6) is 1.55. The molecule has 0 radical (unpaired) electrons. The minimum Gasteiger partial charge on any atom is -0.496 e. The average Bonchev–Trinajstić information content (AvgIpc) is 3.30. The van der Waals surface area contributed by atoms with Crippen molar-refractivity contribution in [1.82, 2.24) is 20.4 Å². The molecule has 1 aromatic carbocycles. The number of benzene rings is 1. The minimum atomic E-state index is -0.360. The molecule has 10 heteroatoms. The number of aryl methyl sites for hydroxylation is 2. The molecule has 29 heavy (non-hydrogen) atoms. The van der Waals surface area contributed by atoms with Gasteiger partial charge < -0.3 is 15.2 Å². The zero-order valence-electron chi connectivity index (χ0n) is 16.0. The van der Waals surface area contributed by atoms with E-state index in [1.54, 1.807) is 30.2 Å². The Balaban J connectivity index is 1.74. The number of H-pyrrole nitrogens is 1. The normalized spacial score (nSPS) is 15.6. The number of methoxy groups -OCH3 is 1. The molecule has 0 fully saturated rings. The number of nitrogens with one attached hydrogen (secondary N) is 1. The van der Waals surface area contributed by atoms with E-state index in [1.165, 1.54) is 0 Å². The summed E-state index contributed by atoms with van der Waals surface area (Å²) in [6.45, 7) is 3.83. The Hall–Kier alpha value is -3.03. The summed E-state index contributed by atoms with van der Waals surface area (Å²) in [5.41, 5.74) is 9.94. The number of nitrogens with two attached hydrogens (primary N) is 1. The predicted molar refractivity (Wildman–Crippen MR) is 110 cm³/mol. The van der Waals surface area contributed by atoms with E-state index in [2.05, 4.69) is 26.5 Å². The summed E-state index contributed by atoms with van der Waals surface area (Å²) >= 11 is 3.15. The molecule has 3 N–H and O–H groups in total. The summed E-state index contributed by atoms with van der Waals surface area (Å²) in [5, 5.41) is 26.0. The van der Waals surface area contributed by atoms with E-state index in [0.29, 0.717) is 17.2 Å². The van der Waals surface area contributed by atoms with Crippen molar-refractivity contribution in [1.29, 1.82) is 5.26 Å². The summed E-state index contributed by atoms with van der Waals surface area (Å²) in [4.78, 5) is 0. The van der Waals surface area contributed by atoms with Gasteiger partial charge >= 0.3 is 0 Å². The van der Waals surface area contributed by atoms with Gasteiger partial charge in [-0.15, -0.1) is 15.3 Å². The van der Waals surface area contributed by atoms with Gasteiger partial charge in [-0.1, -0.05) is 35.2 Å². The van der Waals surface area contributed by atoms with Gasteiger partial charge in [-0.05, 0) is 25.5 Å². The van der Waals surface area contributed by atoms with Gasteiger partial charge in [-0.2, -0.15) is 5.26 Å². The molecule has 3 heterocycles. The molecule has 0 saturated heterocycles. The summed E-state index contributed by atoms with van der Waals surface area (Å²) in [6, 6.07) is 8.09. The van der Waals surface area contributed by atoms with Crippen molar-refractivity contribution >= 4 is 23.1 Å². The highest BCUT2D eigenvalue weighted by molar-refractivity contribution is 8.00. The van der Waals surface area contributed by atoms with Gasteiger partial charge in [0.15, 0.2) is 4.34 Å². The largest absolute Gasteiger partial charge is 0.496 e. The lowest BCUT2D eigenvalue weighted by Gasteiger charge is -2.24. The first-order valence-electron chi connectivity index (χ1n) is 8.74. The Kier molecular flexibility index (Phi) is 5.17. The van der Waals surface area contributed by atoms with Crippen LogP contribution in [-0.2, 0) is 5.75 Å². The zero-order valence-corrected chi connectivity index (χ0v) is 17.6. The number of aromatic nitrogens is 4. The summed E-state index contributed by atoms with van der Waals surface area (Å²) in [6.07, 6.45) is 0. The number of ether oxygens (including phenoxy) is 2. The van der Waals surface area contributed by atoms with Crippen molar-refractivity contribution in [3.63, 3.8) is 0 Å². The fourth-order valence-corrected chi connectivity index (χ4v) is 5.09. The second kappa shape index (κ2) is 7.77. The van der Waals surface area contributed by atoms with Crippen LogP contribution in [0.5, 0.6) is 11.6 Å². The first kappa shape index (κ1) is 19.3. The van der Waals surface area contributed by atoms with Gasteiger partial charge in [0.1, 0.15) is 22.4 Å². The van der Waals surface area contributed by atoms with Gasteiger partial charge in [0.25, 0.3) is 0 Å². The molecule has 3 aromatic rings. The zero-order chi connectivity index (χ0) is 20.5. The number of fused-ring (bicyclic) bond motifs is 1. The van der Waals surface area contributed by atoms with Crippen LogP contribution in [0.25, 0.3) is 0 Å². The van der Waals surface area contributed by atoms with Gasteiger partial charge in [0, 0.05) is 22.6 Å². The highest BCUT2D eigenvalue weighted by atomic mass is 32.2. The number of nitrogens with zero attached hydrogens (tertiary/aromatic N) is 4. The first-order valence-corrected chi connectivity index (χ1v) is 10.5. The molecule has 1 aliphatic heterocycles. The van der Waals surface area contributed by atoms with Gasteiger partial charge in [-0.25, -0.2) is 0 Å². The molecule has 0 bridgehead atoms. The van der Waals surface area contributed by atoms with Crippen LogP contribution in [0, 0.1) is 25.2 Å². The van der Waals surface area contributed by atoms with Crippen LogP contribution < -0.4 is 15.2 Å². The molecule has 1 atom stereocenters. The number of hydrogen-bond acceptors (Lipinski definition) is 9. The maximum Gasteiger partial charge on any atom is 0.244 e. The number of aromatic amines is 1. The average molecular weight is 427 g/mol. The number of nitriles is 1. The van der Waals surface area contributed by atoms with E-state index in [9.17, 15) is 5.26 Å². The molecule has 8 nitrogen and oxygen atoms in total. The summed E-state index contributed by atoms with van der Waals surface area (Å²) < 4.78 is 12.0. The van der Waals surface area contributed by atoms with Crippen LogP contribution in [0.15, 0.2) is 34.0 Å². The highest BCUT2D eigenvalue weighted by Crippen LogP contribution is 2.43. The Morgan fingerprint density at radius 1 is 1.38 bits per heavy atom. The van der Waals surface area contributed by atoms with Crippen molar-refractivity contribution < 1.29 is 9.47 Å². The van der Waals surface area contributed by atoms with Crippen molar-refractivity contribution in [3.8, 4) is 17.7 Å². The lowest BCUT2D eigenvalue weighted by molar-refractivity contribution is 0.378. The molecule has 2 aromatic heterocycles. The third kappa shape index (κ3) is 3.54. The van der Waals surface area contributed by atoms with Crippen LogP contribution >= 0.6 is 23.1 Å².